The van der Waals surface area contributed by atoms with Gasteiger partial charge in [-0.05, 0) is 17.2 Å². The molecule has 0 bridgehead atoms. The summed E-state index contributed by atoms with van der Waals surface area (Å²) in [6.45, 7) is 0.342. The molecule has 0 fully saturated rings. The van der Waals surface area contributed by atoms with E-state index in [4.69, 9.17) is 16.4 Å². The summed E-state index contributed by atoms with van der Waals surface area (Å²) in [4.78, 5) is 16.8. The number of halogens is 1. The second-order valence-electron chi connectivity index (χ2n) is 4.07. The smallest absolute Gasteiger partial charge is 0.248 e. The standard InChI is InChI=1S/C15H14ClNO2/c16-14-9-5-4-8-13(14)10-15(18)17-19-11-12-6-2-1-3-7-12/h1-9H,10-11H2,(H,17,18). The zero-order chi connectivity index (χ0) is 13.5. The van der Waals surface area contributed by atoms with Gasteiger partial charge in [-0.1, -0.05) is 60.1 Å². The molecule has 0 atom stereocenters. The molecule has 1 amide bonds. The molecule has 2 aromatic carbocycles. The van der Waals surface area contributed by atoms with Crippen molar-refractivity contribution >= 4 is 17.5 Å². The zero-order valence-corrected chi connectivity index (χ0v) is 11.1. The van der Waals surface area contributed by atoms with Crippen molar-refractivity contribution in [1.82, 2.24) is 5.48 Å². The van der Waals surface area contributed by atoms with Crippen molar-refractivity contribution in [2.75, 3.05) is 0 Å². The Balaban J connectivity index is 1.78. The van der Waals surface area contributed by atoms with E-state index in [-0.39, 0.29) is 12.3 Å². The maximum absolute atomic E-state index is 11.7. The molecule has 0 saturated heterocycles. The van der Waals surface area contributed by atoms with Gasteiger partial charge in [0, 0.05) is 5.02 Å². The van der Waals surface area contributed by atoms with Gasteiger partial charge >= 0.3 is 0 Å². The van der Waals surface area contributed by atoms with E-state index in [1.165, 1.54) is 0 Å². The maximum atomic E-state index is 11.7. The van der Waals surface area contributed by atoms with Gasteiger partial charge < -0.3 is 0 Å². The van der Waals surface area contributed by atoms with Crippen LogP contribution < -0.4 is 5.48 Å². The fourth-order valence-corrected chi connectivity index (χ4v) is 1.83. The number of nitrogens with one attached hydrogen (secondary N) is 1. The molecule has 19 heavy (non-hydrogen) atoms. The Morgan fingerprint density at radius 1 is 1.05 bits per heavy atom. The highest BCUT2D eigenvalue weighted by molar-refractivity contribution is 6.31. The number of hydrogen-bond acceptors (Lipinski definition) is 2. The number of hydroxylamine groups is 1. The first kappa shape index (κ1) is 13.6. The Kier molecular flexibility index (Phi) is 4.95. The first-order valence-corrected chi connectivity index (χ1v) is 6.31. The van der Waals surface area contributed by atoms with Crippen LogP contribution in [0.2, 0.25) is 5.02 Å². The summed E-state index contributed by atoms with van der Waals surface area (Å²) in [5.41, 5.74) is 4.19. The number of carbonyl (C=O) groups is 1. The van der Waals surface area contributed by atoms with E-state index in [0.29, 0.717) is 11.6 Å². The molecule has 3 nitrogen and oxygen atoms in total. The molecule has 0 aliphatic carbocycles. The molecule has 1 N–H and O–H groups in total. The molecule has 0 saturated carbocycles. The summed E-state index contributed by atoms with van der Waals surface area (Å²) in [7, 11) is 0. The Morgan fingerprint density at radius 3 is 2.47 bits per heavy atom. The molecule has 0 aliphatic heterocycles. The number of carbonyl (C=O) groups excluding carboxylic acids is 1. The van der Waals surface area contributed by atoms with Crippen molar-refractivity contribution in [2.24, 2.45) is 0 Å². The van der Waals surface area contributed by atoms with Crippen LogP contribution in [-0.2, 0) is 22.7 Å². The van der Waals surface area contributed by atoms with Crippen LogP contribution in [0.3, 0.4) is 0 Å². The third-order valence-corrected chi connectivity index (χ3v) is 2.95. The third-order valence-electron chi connectivity index (χ3n) is 2.58. The first-order valence-electron chi connectivity index (χ1n) is 5.93. The summed E-state index contributed by atoms with van der Waals surface area (Å²) >= 11 is 5.98. The molecule has 0 heterocycles. The van der Waals surface area contributed by atoms with Crippen molar-refractivity contribution < 1.29 is 9.63 Å². The molecular weight excluding hydrogens is 262 g/mol. The second kappa shape index (κ2) is 6.92. The Bertz CT molecular complexity index is 543. The van der Waals surface area contributed by atoms with Crippen LogP contribution in [0, 0.1) is 0 Å². The van der Waals surface area contributed by atoms with Gasteiger partial charge in [0.2, 0.25) is 5.91 Å². The fraction of sp³-hybridized carbons (Fsp3) is 0.133. The van der Waals surface area contributed by atoms with Gasteiger partial charge in [-0.25, -0.2) is 5.48 Å². The lowest BCUT2D eigenvalue weighted by atomic mass is 10.1. The Labute approximate surface area is 117 Å². The normalized spacial score (nSPS) is 10.2. The Hall–Kier alpha value is -1.84. The fourth-order valence-electron chi connectivity index (χ4n) is 1.62. The summed E-state index contributed by atoms with van der Waals surface area (Å²) in [5.74, 6) is -0.218. The van der Waals surface area contributed by atoms with Crippen molar-refractivity contribution in [3.63, 3.8) is 0 Å². The highest BCUT2D eigenvalue weighted by Crippen LogP contribution is 2.15. The van der Waals surface area contributed by atoms with Gasteiger partial charge in [0.15, 0.2) is 0 Å². The highest BCUT2D eigenvalue weighted by Gasteiger charge is 2.06. The van der Waals surface area contributed by atoms with Gasteiger partial charge in [-0.2, -0.15) is 0 Å². The topological polar surface area (TPSA) is 38.3 Å². The van der Waals surface area contributed by atoms with E-state index >= 15 is 0 Å². The number of hydrogen-bond donors (Lipinski definition) is 1. The first-order chi connectivity index (χ1) is 9.25. The average Bonchev–Trinajstić information content (AvgIpc) is 2.43. The van der Waals surface area contributed by atoms with Gasteiger partial charge in [-0.3, -0.25) is 9.63 Å². The highest BCUT2D eigenvalue weighted by atomic mass is 35.5. The number of rotatable bonds is 5. The molecule has 0 radical (unpaired) electrons. The van der Waals surface area contributed by atoms with Gasteiger partial charge in [-0.15, -0.1) is 0 Å². The van der Waals surface area contributed by atoms with Crippen LogP contribution in [0.5, 0.6) is 0 Å². The molecule has 0 aliphatic rings. The molecule has 4 heteroatoms. The van der Waals surface area contributed by atoms with E-state index < -0.39 is 0 Å². The lowest BCUT2D eigenvalue weighted by molar-refractivity contribution is -0.133. The summed E-state index contributed by atoms with van der Waals surface area (Å²) < 4.78 is 0. The minimum absolute atomic E-state index is 0.203. The van der Waals surface area contributed by atoms with Gasteiger partial charge in [0.05, 0.1) is 13.0 Å². The quantitative estimate of drug-likeness (QED) is 0.852. The zero-order valence-electron chi connectivity index (χ0n) is 10.3. The van der Waals surface area contributed by atoms with Crippen molar-refractivity contribution in [3.8, 4) is 0 Å². The Morgan fingerprint density at radius 2 is 1.74 bits per heavy atom. The van der Waals surface area contributed by atoms with E-state index in [2.05, 4.69) is 5.48 Å². The lowest BCUT2D eigenvalue weighted by Crippen LogP contribution is -2.25. The lowest BCUT2D eigenvalue weighted by Gasteiger charge is -2.07. The molecular formula is C15H14ClNO2. The molecule has 2 rings (SSSR count). The van der Waals surface area contributed by atoms with E-state index in [9.17, 15) is 4.79 Å². The largest absolute Gasteiger partial charge is 0.272 e. The monoisotopic (exact) mass is 275 g/mol. The van der Waals surface area contributed by atoms with E-state index in [0.717, 1.165) is 11.1 Å². The SMILES string of the molecule is O=C(Cc1ccccc1Cl)NOCc1ccccc1. The maximum Gasteiger partial charge on any atom is 0.248 e. The van der Waals surface area contributed by atoms with Crippen LogP contribution in [0.1, 0.15) is 11.1 Å². The van der Waals surface area contributed by atoms with Crippen LogP contribution in [0.25, 0.3) is 0 Å². The van der Waals surface area contributed by atoms with Crippen LogP contribution in [-0.4, -0.2) is 5.91 Å². The van der Waals surface area contributed by atoms with Crippen LogP contribution in [0.15, 0.2) is 54.6 Å². The van der Waals surface area contributed by atoms with Crippen LogP contribution in [0.4, 0.5) is 0 Å². The third kappa shape index (κ3) is 4.39. The average molecular weight is 276 g/mol. The van der Waals surface area contributed by atoms with E-state index in [1.54, 1.807) is 6.07 Å². The molecule has 2 aromatic rings. The minimum Gasteiger partial charge on any atom is -0.272 e. The van der Waals surface area contributed by atoms with Crippen molar-refractivity contribution in [3.05, 3.63) is 70.7 Å². The van der Waals surface area contributed by atoms with Gasteiger partial charge in [0.25, 0.3) is 0 Å². The van der Waals surface area contributed by atoms with Crippen molar-refractivity contribution in [1.29, 1.82) is 0 Å². The second-order valence-corrected chi connectivity index (χ2v) is 4.47. The number of benzene rings is 2. The molecule has 0 spiro atoms. The van der Waals surface area contributed by atoms with Gasteiger partial charge in [0.1, 0.15) is 0 Å². The predicted molar refractivity (Wildman–Crippen MR) is 74.5 cm³/mol. The summed E-state index contributed by atoms with van der Waals surface area (Å²) in [5, 5.41) is 0.584. The van der Waals surface area contributed by atoms with Crippen molar-refractivity contribution in [2.45, 2.75) is 13.0 Å². The van der Waals surface area contributed by atoms with E-state index in [1.807, 2.05) is 48.5 Å². The number of amides is 1. The molecule has 0 aromatic heterocycles. The van der Waals surface area contributed by atoms with Crippen LogP contribution >= 0.6 is 11.6 Å². The summed E-state index contributed by atoms with van der Waals surface area (Å²) in [6, 6.07) is 16.9. The molecule has 98 valence electrons. The predicted octanol–water partition coefficient (Wildman–Crippen LogP) is 3.13. The molecule has 0 unspecified atom stereocenters. The minimum atomic E-state index is -0.218. The summed E-state index contributed by atoms with van der Waals surface area (Å²) in [6.07, 6.45) is 0.203.